The van der Waals surface area contributed by atoms with E-state index < -0.39 is 0 Å². The zero-order valence-corrected chi connectivity index (χ0v) is 11.1. The van der Waals surface area contributed by atoms with Crippen LogP contribution in [-0.4, -0.2) is 9.97 Å². The third-order valence-corrected chi connectivity index (χ3v) is 3.68. The molecule has 0 radical (unpaired) electrons. The molecule has 0 saturated carbocycles. The van der Waals surface area contributed by atoms with Gasteiger partial charge in [0.2, 0.25) is 5.95 Å². The van der Waals surface area contributed by atoms with E-state index >= 15 is 0 Å². The van der Waals surface area contributed by atoms with Gasteiger partial charge < -0.3 is 11.1 Å². The summed E-state index contributed by atoms with van der Waals surface area (Å²) in [5, 5.41) is 3.26. The smallest absolute Gasteiger partial charge is 0.222 e. The number of nitrogens with one attached hydrogen (secondary N) is 1. The van der Waals surface area contributed by atoms with Crippen LogP contribution >= 0.6 is 11.3 Å². The molecule has 2 rings (SSSR count). The topological polar surface area (TPSA) is 63.8 Å². The van der Waals surface area contributed by atoms with Gasteiger partial charge in [0, 0.05) is 21.5 Å². The Bertz CT molecular complexity index is 494. The van der Waals surface area contributed by atoms with E-state index in [9.17, 15) is 0 Å². The lowest BCUT2D eigenvalue weighted by atomic mass is 10.3. The van der Waals surface area contributed by atoms with Crippen LogP contribution in [0.4, 0.5) is 11.8 Å². The maximum absolute atomic E-state index is 5.60. The highest BCUT2D eigenvalue weighted by molar-refractivity contribution is 7.12. The van der Waals surface area contributed by atoms with Gasteiger partial charge in [0.05, 0.1) is 6.54 Å². The second-order valence-corrected chi connectivity index (χ2v) is 5.40. The Balaban J connectivity index is 2.07. The van der Waals surface area contributed by atoms with E-state index in [-0.39, 0.29) is 0 Å². The zero-order chi connectivity index (χ0) is 12.4. The first kappa shape index (κ1) is 11.9. The Labute approximate surface area is 105 Å². The SMILES string of the molecule is Cc1cc(NCc2cc(C)c(C)s2)nc(N)n1. The van der Waals surface area contributed by atoms with Crippen LogP contribution in [0, 0.1) is 20.8 Å². The van der Waals surface area contributed by atoms with Gasteiger partial charge in [0.1, 0.15) is 5.82 Å². The van der Waals surface area contributed by atoms with E-state index in [1.165, 1.54) is 15.3 Å². The highest BCUT2D eigenvalue weighted by atomic mass is 32.1. The summed E-state index contributed by atoms with van der Waals surface area (Å²) in [6.07, 6.45) is 0. The predicted octanol–water partition coefficient (Wildman–Crippen LogP) is 2.66. The highest BCUT2D eigenvalue weighted by Crippen LogP contribution is 2.21. The van der Waals surface area contributed by atoms with Gasteiger partial charge in [0.15, 0.2) is 0 Å². The van der Waals surface area contributed by atoms with Crippen molar-refractivity contribution >= 4 is 23.1 Å². The molecule has 0 spiro atoms. The van der Waals surface area contributed by atoms with Crippen molar-refractivity contribution in [2.24, 2.45) is 0 Å². The maximum Gasteiger partial charge on any atom is 0.222 e. The second-order valence-electron chi connectivity index (χ2n) is 4.06. The Morgan fingerprint density at radius 2 is 2.00 bits per heavy atom. The van der Waals surface area contributed by atoms with Crippen LogP contribution in [0.2, 0.25) is 0 Å². The van der Waals surface area contributed by atoms with Crippen molar-refractivity contribution in [1.29, 1.82) is 0 Å². The molecule has 0 fully saturated rings. The van der Waals surface area contributed by atoms with Crippen molar-refractivity contribution < 1.29 is 0 Å². The average molecular weight is 248 g/mol. The number of rotatable bonds is 3. The Morgan fingerprint density at radius 1 is 1.24 bits per heavy atom. The second kappa shape index (κ2) is 4.71. The van der Waals surface area contributed by atoms with Gasteiger partial charge in [-0.1, -0.05) is 0 Å². The first-order chi connectivity index (χ1) is 8.04. The molecule has 17 heavy (non-hydrogen) atoms. The molecule has 0 unspecified atom stereocenters. The minimum absolute atomic E-state index is 0.311. The first-order valence-electron chi connectivity index (χ1n) is 5.45. The van der Waals surface area contributed by atoms with Crippen LogP contribution in [0.1, 0.15) is 21.0 Å². The number of thiophene rings is 1. The van der Waals surface area contributed by atoms with E-state index in [1.807, 2.05) is 13.0 Å². The average Bonchev–Trinajstić information content (AvgIpc) is 2.54. The van der Waals surface area contributed by atoms with Crippen LogP contribution in [0.5, 0.6) is 0 Å². The normalized spacial score (nSPS) is 10.5. The van der Waals surface area contributed by atoms with Crippen molar-refractivity contribution in [2.75, 3.05) is 11.1 Å². The van der Waals surface area contributed by atoms with Crippen LogP contribution in [0.15, 0.2) is 12.1 Å². The summed E-state index contributed by atoms with van der Waals surface area (Å²) in [6.45, 7) is 6.94. The molecular weight excluding hydrogens is 232 g/mol. The monoisotopic (exact) mass is 248 g/mol. The lowest BCUT2D eigenvalue weighted by Gasteiger charge is -2.05. The quantitative estimate of drug-likeness (QED) is 0.876. The number of hydrogen-bond acceptors (Lipinski definition) is 5. The number of aryl methyl sites for hydroxylation is 3. The molecule has 0 saturated heterocycles. The summed E-state index contributed by atoms with van der Waals surface area (Å²) in [6, 6.07) is 4.09. The third-order valence-electron chi connectivity index (χ3n) is 2.53. The fourth-order valence-electron chi connectivity index (χ4n) is 1.60. The van der Waals surface area contributed by atoms with Crippen LogP contribution in [0.3, 0.4) is 0 Å². The van der Waals surface area contributed by atoms with Gasteiger partial charge in [-0.2, -0.15) is 4.98 Å². The van der Waals surface area contributed by atoms with Crippen molar-refractivity contribution in [1.82, 2.24) is 9.97 Å². The number of nitrogens with two attached hydrogens (primary N) is 1. The fraction of sp³-hybridized carbons (Fsp3) is 0.333. The van der Waals surface area contributed by atoms with Gasteiger partial charge in [-0.15, -0.1) is 11.3 Å². The molecule has 0 aliphatic carbocycles. The summed E-state index contributed by atoms with van der Waals surface area (Å²) in [7, 11) is 0. The van der Waals surface area contributed by atoms with Crippen molar-refractivity contribution in [3.05, 3.63) is 33.1 Å². The van der Waals surface area contributed by atoms with Gasteiger partial charge in [-0.05, 0) is 32.4 Å². The summed E-state index contributed by atoms with van der Waals surface area (Å²) in [5.74, 6) is 1.09. The molecule has 0 bridgehead atoms. The minimum atomic E-state index is 0.311. The number of nitrogen functional groups attached to an aromatic ring is 1. The molecule has 0 amide bonds. The Morgan fingerprint density at radius 3 is 2.59 bits per heavy atom. The van der Waals surface area contributed by atoms with Crippen molar-refractivity contribution in [3.63, 3.8) is 0 Å². The maximum atomic E-state index is 5.60. The lowest BCUT2D eigenvalue weighted by molar-refractivity contribution is 1.08. The lowest BCUT2D eigenvalue weighted by Crippen LogP contribution is -2.04. The highest BCUT2D eigenvalue weighted by Gasteiger charge is 2.03. The van der Waals surface area contributed by atoms with E-state index in [4.69, 9.17) is 5.73 Å². The van der Waals surface area contributed by atoms with Gasteiger partial charge in [0.25, 0.3) is 0 Å². The van der Waals surface area contributed by atoms with Crippen molar-refractivity contribution in [2.45, 2.75) is 27.3 Å². The molecular formula is C12H16N4S. The summed E-state index contributed by atoms with van der Waals surface area (Å²) in [5.41, 5.74) is 7.81. The third kappa shape index (κ3) is 2.94. The van der Waals surface area contributed by atoms with Gasteiger partial charge >= 0.3 is 0 Å². The molecule has 0 aromatic carbocycles. The van der Waals surface area contributed by atoms with E-state index in [1.54, 1.807) is 11.3 Å². The molecule has 0 aliphatic rings. The predicted molar refractivity (Wildman–Crippen MR) is 72.3 cm³/mol. The minimum Gasteiger partial charge on any atom is -0.368 e. The van der Waals surface area contributed by atoms with Gasteiger partial charge in [-0.25, -0.2) is 4.98 Å². The zero-order valence-electron chi connectivity index (χ0n) is 10.2. The van der Waals surface area contributed by atoms with Crippen LogP contribution in [-0.2, 0) is 6.54 Å². The summed E-state index contributed by atoms with van der Waals surface area (Å²) >= 11 is 1.80. The fourth-order valence-corrected chi connectivity index (χ4v) is 2.59. The van der Waals surface area contributed by atoms with E-state index in [0.717, 1.165) is 18.1 Å². The van der Waals surface area contributed by atoms with Crippen LogP contribution < -0.4 is 11.1 Å². The molecule has 0 aliphatic heterocycles. The van der Waals surface area contributed by atoms with Gasteiger partial charge in [-0.3, -0.25) is 0 Å². The molecule has 90 valence electrons. The molecule has 4 nitrogen and oxygen atoms in total. The number of hydrogen-bond donors (Lipinski definition) is 2. The van der Waals surface area contributed by atoms with E-state index in [2.05, 4.69) is 35.2 Å². The Kier molecular flexibility index (Phi) is 3.28. The number of nitrogens with zero attached hydrogens (tertiary/aromatic N) is 2. The molecule has 2 aromatic heterocycles. The number of aromatic nitrogens is 2. The summed E-state index contributed by atoms with van der Waals surface area (Å²) < 4.78 is 0. The van der Waals surface area contributed by atoms with Crippen LogP contribution in [0.25, 0.3) is 0 Å². The van der Waals surface area contributed by atoms with Crippen molar-refractivity contribution in [3.8, 4) is 0 Å². The molecule has 2 aromatic rings. The number of anilines is 2. The molecule has 2 heterocycles. The Hall–Kier alpha value is -1.62. The standard InChI is InChI=1S/C12H16N4S/c1-7-4-10(17-9(7)3)6-14-11-5-8(2)15-12(13)16-11/h4-5H,6H2,1-3H3,(H3,13,14,15,16). The largest absolute Gasteiger partial charge is 0.368 e. The van der Waals surface area contributed by atoms with E-state index in [0.29, 0.717) is 5.95 Å². The summed E-state index contributed by atoms with van der Waals surface area (Å²) in [4.78, 5) is 10.8. The first-order valence-corrected chi connectivity index (χ1v) is 6.27. The molecule has 3 N–H and O–H groups in total. The molecule has 5 heteroatoms. The molecule has 0 atom stereocenters.